The van der Waals surface area contributed by atoms with E-state index in [9.17, 15) is 0 Å². The molecule has 0 fully saturated rings. The summed E-state index contributed by atoms with van der Waals surface area (Å²) in [6.07, 6.45) is 0. The highest BCUT2D eigenvalue weighted by Gasteiger charge is 2.09. The minimum absolute atomic E-state index is 0.395. The molecule has 2 nitrogen and oxygen atoms in total. The van der Waals surface area contributed by atoms with Crippen LogP contribution in [0.5, 0.6) is 0 Å². The lowest BCUT2D eigenvalue weighted by Crippen LogP contribution is -2.19. The van der Waals surface area contributed by atoms with Crippen molar-refractivity contribution >= 4 is 22.5 Å². The summed E-state index contributed by atoms with van der Waals surface area (Å²) in [7, 11) is 3.77. The van der Waals surface area contributed by atoms with Crippen LogP contribution in [0.4, 0.5) is 0 Å². The van der Waals surface area contributed by atoms with Crippen LogP contribution in [-0.2, 0) is 4.74 Å². The molecule has 1 N–H and O–H groups in total. The highest BCUT2D eigenvalue weighted by Crippen LogP contribution is 2.22. The number of hydrogen-bond donors (Lipinski definition) is 1. The number of rotatable bonds is 7. The van der Waals surface area contributed by atoms with Crippen LogP contribution in [0.3, 0.4) is 0 Å². The molecule has 3 heteroatoms. The van der Waals surface area contributed by atoms with Gasteiger partial charge in [-0.05, 0) is 29.4 Å². The lowest BCUT2D eigenvalue weighted by molar-refractivity contribution is 0.218. The quantitative estimate of drug-likeness (QED) is 0.782. The van der Waals surface area contributed by atoms with Gasteiger partial charge in [0.15, 0.2) is 0 Å². The number of fused-ring (bicyclic) bond motifs is 1. The van der Waals surface area contributed by atoms with Gasteiger partial charge in [-0.3, -0.25) is 0 Å². The molecular formula is C16H21NOS. The molecular weight excluding hydrogens is 254 g/mol. The Hall–Kier alpha value is -1.03. The van der Waals surface area contributed by atoms with Crippen LogP contribution in [0.25, 0.3) is 10.8 Å². The molecule has 0 heterocycles. The summed E-state index contributed by atoms with van der Waals surface area (Å²) < 4.78 is 5.08. The molecule has 2 rings (SSSR count). The zero-order valence-corrected chi connectivity index (χ0v) is 12.4. The van der Waals surface area contributed by atoms with Gasteiger partial charge in [0.1, 0.15) is 0 Å². The molecule has 0 saturated carbocycles. The molecule has 0 aliphatic carbocycles. The van der Waals surface area contributed by atoms with Crippen molar-refractivity contribution in [3.05, 3.63) is 48.0 Å². The fourth-order valence-electron chi connectivity index (χ4n) is 2.11. The number of thioether (sulfide) groups is 1. The molecule has 102 valence electrons. The summed E-state index contributed by atoms with van der Waals surface area (Å²) in [4.78, 5) is 0. The molecule has 0 aliphatic rings. The Morgan fingerprint density at radius 1 is 1.16 bits per heavy atom. The van der Waals surface area contributed by atoms with E-state index >= 15 is 0 Å². The van der Waals surface area contributed by atoms with E-state index in [1.165, 1.54) is 16.3 Å². The minimum Gasteiger partial charge on any atom is -0.384 e. The molecule has 0 spiro atoms. The van der Waals surface area contributed by atoms with Crippen LogP contribution in [0, 0.1) is 0 Å². The monoisotopic (exact) mass is 275 g/mol. The van der Waals surface area contributed by atoms with Gasteiger partial charge in [0.05, 0.1) is 6.61 Å². The third kappa shape index (κ3) is 3.96. The van der Waals surface area contributed by atoms with E-state index < -0.39 is 0 Å². The van der Waals surface area contributed by atoms with Crippen molar-refractivity contribution in [3.8, 4) is 0 Å². The molecule has 0 aliphatic heterocycles. The predicted octanol–water partition coefficient (Wildman–Crippen LogP) is 3.48. The first-order valence-electron chi connectivity index (χ1n) is 6.58. The molecule has 0 aromatic heterocycles. The van der Waals surface area contributed by atoms with Gasteiger partial charge < -0.3 is 10.1 Å². The van der Waals surface area contributed by atoms with Crippen LogP contribution in [0.2, 0.25) is 0 Å². The molecule has 19 heavy (non-hydrogen) atoms. The van der Waals surface area contributed by atoms with Gasteiger partial charge in [0, 0.05) is 24.7 Å². The van der Waals surface area contributed by atoms with E-state index in [1.807, 2.05) is 18.8 Å². The number of benzene rings is 2. The summed E-state index contributed by atoms with van der Waals surface area (Å²) in [5, 5.41) is 6.01. The van der Waals surface area contributed by atoms with Crippen molar-refractivity contribution < 1.29 is 4.74 Å². The highest BCUT2D eigenvalue weighted by molar-refractivity contribution is 7.99. The molecule has 2 aromatic rings. The molecule has 2 aromatic carbocycles. The van der Waals surface area contributed by atoms with Gasteiger partial charge in [0.25, 0.3) is 0 Å². The molecule has 0 bridgehead atoms. The summed E-state index contributed by atoms with van der Waals surface area (Å²) in [5.41, 5.74) is 1.35. The van der Waals surface area contributed by atoms with Crippen molar-refractivity contribution in [1.29, 1.82) is 0 Å². The zero-order chi connectivity index (χ0) is 13.5. The second-order valence-corrected chi connectivity index (χ2v) is 5.67. The fraction of sp³-hybridized carbons (Fsp3) is 0.375. The average Bonchev–Trinajstić information content (AvgIpc) is 2.47. The zero-order valence-electron chi connectivity index (χ0n) is 11.6. The van der Waals surface area contributed by atoms with Crippen molar-refractivity contribution in [2.75, 3.05) is 32.3 Å². The Morgan fingerprint density at radius 2 is 1.95 bits per heavy atom. The summed E-state index contributed by atoms with van der Waals surface area (Å²) >= 11 is 1.92. The van der Waals surface area contributed by atoms with Crippen molar-refractivity contribution in [2.24, 2.45) is 0 Å². The first-order chi connectivity index (χ1) is 9.35. The van der Waals surface area contributed by atoms with E-state index in [0.717, 1.165) is 18.1 Å². The third-order valence-electron chi connectivity index (χ3n) is 3.24. The minimum atomic E-state index is 0.395. The predicted molar refractivity (Wildman–Crippen MR) is 84.9 cm³/mol. The normalized spacial score (nSPS) is 12.7. The van der Waals surface area contributed by atoms with Gasteiger partial charge in [-0.15, -0.1) is 0 Å². The standard InChI is InChI=1S/C16H21NOS/c1-17-16(12-19-10-9-18-2)15-8-7-13-5-3-4-6-14(13)11-15/h3-8,11,16-17H,9-10,12H2,1-2H3. The smallest absolute Gasteiger partial charge is 0.0552 e. The second-order valence-electron chi connectivity index (χ2n) is 4.52. The molecule has 0 amide bonds. The lowest BCUT2D eigenvalue weighted by Gasteiger charge is -2.17. The van der Waals surface area contributed by atoms with E-state index in [4.69, 9.17) is 4.74 Å². The summed E-state index contributed by atoms with van der Waals surface area (Å²) in [6.45, 7) is 0.818. The SMILES string of the molecule is CNC(CSCCOC)c1ccc2ccccc2c1. The highest BCUT2D eigenvalue weighted by atomic mass is 32.2. The largest absolute Gasteiger partial charge is 0.384 e. The van der Waals surface area contributed by atoms with Crippen molar-refractivity contribution in [1.82, 2.24) is 5.32 Å². The maximum absolute atomic E-state index is 5.08. The molecule has 1 unspecified atom stereocenters. The number of ether oxygens (including phenoxy) is 1. The van der Waals surface area contributed by atoms with Crippen LogP contribution >= 0.6 is 11.8 Å². The van der Waals surface area contributed by atoms with E-state index in [-0.39, 0.29) is 0 Å². The Kier molecular flexibility index (Phi) is 5.70. The van der Waals surface area contributed by atoms with E-state index in [2.05, 4.69) is 47.8 Å². The van der Waals surface area contributed by atoms with E-state index in [0.29, 0.717) is 6.04 Å². The average molecular weight is 275 g/mol. The van der Waals surface area contributed by atoms with Crippen molar-refractivity contribution in [3.63, 3.8) is 0 Å². The van der Waals surface area contributed by atoms with E-state index in [1.54, 1.807) is 7.11 Å². The second kappa shape index (κ2) is 7.53. The van der Waals surface area contributed by atoms with Crippen LogP contribution in [0.1, 0.15) is 11.6 Å². The maximum Gasteiger partial charge on any atom is 0.0552 e. The maximum atomic E-state index is 5.08. The van der Waals surface area contributed by atoms with Gasteiger partial charge in [-0.1, -0.05) is 36.4 Å². The lowest BCUT2D eigenvalue weighted by atomic mass is 10.0. The Morgan fingerprint density at radius 3 is 2.68 bits per heavy atom. The number of methoxy groups -OCH3 is 1. The number of nitrogens with one attached hydrogen (secondary N) is 1. The first-order valence-corrected chi connectivity index (χ1v) is 7.73. The van der Waals surface area contributed by atoms with Gasteiger partial charge in [0.2, 0.25) is 0 Å². The van der Waals surface area contributed by atoms with Crippen LogP contribution in [-0.4, -0.2) is 32.3 Å². The Bertz CT molecular complexity index is 515. The Labute approximate surface area is 119 Å². The van der Waals surface area contributed by atoms with Crippen LogP contribution in [0.15, 0.2) is 42.5 Å². The van der Waals surface area contributed by atoms with Gasteiger partial charge >= 0.3 is 0 Å². The van der Waals surface area contributed by atoms with Crippen molar-refractivity contribution in [2.45, 2.75) is 6.04 Å². The number of hydrogen-bond acceptors (Lipinski definition) is 3. The molecule has 0 radical (unpaired) electrons. The Balaban J connectivity index is 2.07. The van der Waals surface area contributed by atoms with Crippen LogP contribution < -0.4 is 5.32 Å². The third-order valence-corrected chi connectivity index (χ3v) is 4.27. The topological polar surface area (TPSA) is 21.3 Å². The fourth-order valence-corrected chi connectivity index (χ4v) is 3.16. The van der Waals surface area contributed by atoms with Gasteiger partial charge in [-0.2, -0.15) is 11.8 Å². The summed E-state index contributed by atoms with van der Waals surface area (Å²) in [6, 6.07) is 15.6. The first kappa shape index (κ1) is 14.4. The van der Waals surface area contributed by atoms with Gasteiger partial charge in [-0.25, -0.2) is 0 Å². The summed E-state index contributed by atoms with van der Waals surface area (Å²) in [5.74, 6) is 2.11. The molecule has 0 saturated heterocycles. The molecule has 1 atom stereocenters.